The summed E-state index contributed by atoms with van der Waals surface area (Å²) in [5, 5.41) is 11.8. The average Bonchev–Trinajstić information content (AvgIpc) is 3.33. The summed E-state index contributed by atoms with van der Waals surface area (Å²) < 4.78 is 22.7. The van der Waals surface area contributed by atoms with Crippen molar-refractivity contribution >= 4 is 17.9 Å². The van der Waals surface area contributed by atoms with E-state index >= 15 is 0 Å². The minimum Gasteiger partial charge on any atom is -0.545 e. The van der Waals surface area contributed by atoms with E-state index in [-0.39, 0.29) is 32.2 Å². The van der Waals surface area contributed by atoms with Gasteiger partial charge in [0.15, 0.2) is 12.4 Å². The molecule has 0 bridgehead atoms. The lowest BCUT2D eigenvalue weighted by molar-refractivity contribution is -0.870. The molecule has 70 heavy (non-hydrogen) atoms. The van der Waals surface area contributed by atoms with E-state index in [9.17, 15) is 19.5 Å². The normalized spacial score (nSPS) is 12.9. The summed E-state index contributed by atoms with van der Waals surface area (Å²) >= 11 is 0. The summed E-state index contributed by atoms with van der Waals surface area (Å²) in [5.74, 6) is -2.26. The van der Waals surface area contributed by atoms with Gasteiger partial charge >= 0.3 is 11.9 Å². The first-order chi connectivity index (χ1) is 34.1. The second-order valence-electron chi connectivity index (χ2n) is 21.6. The van der Waals surface area contributed by atoms with Gasteiger partial charge in [-0.25, -0.2) is 0 Å². The predicted octanol–water partition coefficient (Wildman–Crippen LogP) is 16.2. The maximum atomic E-state index is 12.9. The monoisotopic (exact) mass is 990 g/mol. The van der Waals surface area contributed by atoms with Crippen LogP contribution in [0.2, 0.25) is 0 Å². The van der Waals surface area contributed by atoms with Gasteiger partial charge in [0.25, 0.3) is 0 Å². The Kier molecular flexibility index (Phi) is 51.4. The molecule has 2 atom stereocenters. The Balaban J connectivity index is 4.08. The molecule has 0 aliphatic carbocycles. The zero-order valence-corrected chi connectivity index (χ0v) is 46.9. The number of hydrogen-bond acceptors (Lipinski definition) is 8. The van der Waals surface area contributed by atoms with Crippen molar-refractivity contribution in [3.05, 3.63) is 24.3 Å². The van der Waals surface area contributed by atoms with Gasteiger partial charge in [-0.2, -0.15) is 0 Å². The second kappa shape index (κ2) is 53.1. The van der Waals surface area contributed by atoms with Crippen LogP contribution >= 0.6 is 0 Å². The highest BCUT2D eigenvalue weighted by Gasteiger charge is 2.22. The Morgan fingerprint density at radius 3 is 1.13 bits per heavy atom. The molecule has 0 heterocycles. The first kappa shape index (κ1) is 67.8. The summed E-state index contributed by atoms with van der Waals surface area (Å²) in [5.41, 5.74) is 0. The molecule has 2 unspecified atom stereocenters. The van der Waals surface area contributed by atoms with Gasteiger partial charge in [-0.05, 0) is 44.9 Å². The van der Waals surface area contributed by atoms with Crippen LogP contribution in [0.15, 0.2) is 24.3 Å². The molecule has 0 radical (unpaired) electrons. The third-order valence-corrected chi connectivity index (χ3v) is 13.5. The Morgan fingerprint density at radius 2 is 0.771 bits per heavy atom. The third kappa shape index (κ3) is 53.6. The van der Waals surface area contributed by atoms with E-state index in [0.29, 0.717) is 17.4 Å². The van der Waals surface area contributed by atoms with Crippen LogP contribution in [0.1, 0.15) is 290 Å². The molecule has 9 heteroatoms. The highest BCUT2D eigenvalue weighted by molar-refractivity contribution is 5.70. The number of ether oxygens (including phenoxy) is 4. The minimum absolute atomic E-state index is 0.151. The van der Waals surface area contributed by atoms with Crippen molar-refractivity contribution in [2.75, 3.05) is 47.5 Å². The summed E-state index contributed by atoms with van der Waals surface area (Å²) in [6, 6.07) is 0. The van der Waals surface area contributed by atoms with Crippen molar-refractivity contribution in [1.29, 1.82) is 0 Å². The van der Waals surface area contributed by atoms with Crippen molar-refractivity contribution in [3.63, 3.8) is 0 Å². The molecule has 0 N–H and O–H groups in total. The summed E-state index contributed by atoms with van der Waals surface area (Å²) in [6.45, 7) is 4.78. The number of carbonyl (C=O) groups is 3. The standard InChI is InChI=1S/C61H115NO8/c1-6-8-10-12-14-16-18-20-22-23-24-25-26-27-28-29-30-31-32-33-34-35-36-37-38-40-42-44-46-48-50-52-59(64)70-57(56-69-61(60(65)66)67-54-53-62(3,4)5)55-68-58(63)51-49-47-45-43-41-39-21-19-17-15-13-11-9-7-2/h18,20,23-24,57,61H,6-17,19,21-22,25-56H2,1-5H3/b20-18-,24-23-. The number of rotatable bonds is 56. The van der Waals surface area contributed by atoms with Crippen molar-refractivity contribution < 1.29 is 42.9 Å². The van der Waals surface area contributed by atoms with Gasteiger partial charge in [-0.3, -0.25) is 9.59 Å². The van der Waals surface area contributed by atoms with Crippen LogP contribution in [-0.4, -0.2) is 82.3 Å². The number of nitrogens with zero attached hydrogens (tertiary/aromatic N) is 1. The molecular weight excluding hydrogens is 875 g/mol. The largest absolute Gasteiger partial charge is 0.545 e. The zero-order valence-electron chi connectivity index (χ0n) is 46.9. The topological polar surface area (TPSA) is 111 Å². The molecule has 0 spiro atoms. The number of carboxylic acid groups (broad SMARTS) is 1. The van der Waals surface area contributed by atoms with Crippen molar-refractivity contribution in [3.8, 4) is 0 Å². The Hall–Kier alpha value is -2.23. The van der Waals surface area contributed by atoms with Gasteiger partial charge < -0.3 is 33.3 Å². The fourth-order valence-corrected chi connectivity index (χ4v) is 8.80. The first-order valence-electron chi connectivity index (χ1n) is 30.0. The van der Waals surface area contributed by atoms with Crippen LogP contribution < -0.4 is 5.11 Å². The fraction of sp³-hybridized carbons (Fsp3) is 0.885. The van der Waals surface area contributed by atoms with Crippen LogP contribution in [0.3, 0.4) is 0 Å². The quantitative estimate of drug-likeness (QED) is 0.0195. The number of likely N-dealkylation sites (N-methyl/N-ethyl adjacent to an activating group) is 1. The van der Waals surface area contributed by atoms with Gasteiger partial charge in [-0.1, -0.05) is 256 Å². The number of carbonyl (C=O) groups excluding carboxylic acids is 3. The lowest BCUT2D eigenvalue weighted by atomic mass is 10.0. The molecule has 0 saturated heterocycles. The van der Waals surface area contributed by atoms with E-state index in [1.54, 1.807) is 0 Å². The number of carboxylic acids is 1. The van der Waals surface area contributed by atoms with Crippen LogP contribution in [0.25, 0.3) is 0 Å². The number of hydrogen-bond donors (Lipinski definition) is 0. The molecule has 0 aromatic heterocycles. The highest BCUT2D eigenvalue weighted by Crippen LogP contribution is 2.17. The Labute approximate surface area is 433 Å². The van der Waals surface area contributed by atoms with Gasteiger partial charge in [0.2, 0.25) is 0 Å². The smallest absolute Gasteiger partial charge is 0.306 e. The Morgan fingerprint density at radius 1 is 0.429 bits per heavy atom. The number of allylic oxidation sites excluding steroid dienone is 4. The maximum Gasteiger partial charge on any atom is 0.306 e. The second-order valence-corrected chi connectivity index (χ2v) is 21.6. The molecule has 0 aromatic carbocycles. The van der Waals surface area contributed by atoms with E-state index in [4.69, 9.17) is 18.9 Å². The van der Waals surface area contributed by atoms with Crippen molar-refractivity contribution in [2.45, 2.75) is 302 Å². The van der Waals surface area contributed by atoms with Crippen molar-refractivity contribution in [1.82, 2.24) is 0 Å². The van der Waals surface area contributed by atoms with Gasteiger partial charge in [-0.15, -0.1) is 0 Å². The van der Waals surface area contributed by atoms with E-state index in [0.717, 1.165) is 44.9 Å². The van der Waals surface area contributed by atoms with Crippen molar-refractivity contribution in [2.24, 2.45) is 0 Å². The third-order valence-electron chi connectivity index (χ3n) is 13.5. The number of quaternary nitrogens is 1. The molecule has 412 valence electrons. The lowest BCUT2D eigenvalue weighted by Gasteiger charge is -2.26. The molecule has 0 rings (SSSR count). The summed E-state index contributed by atoms with van der Waals surface area (Å²) in [4.78, 5) is 37.2. The lowest BCUT2D eigenvalue weighted by Crippen LogP contribution is -2.44. The summed E-state index contributed by atoms with van der Waals surface area (Å²) in [7, 11) is 5.93. The molecular formula is C61H115NO8. The van der Waals surface area contributed by atoms with Crippen LogP contribution in [0, 0.1) is 0 Å². The molecule has 0 aliphatic heterocycles. The van der Waals surface area contributed by atoms with Crippen LogP contribution in [-0.2, 0) is 33.3 Å². The average molecular weight is 991 g/mol. The van der Waals surface area contributed by atoms with E-state index in [2.05, 4.69) is 38.2 Å². The van der Waals surface area contributed by atoms with E-state index < -0.39 is 24.3 Å². The van der Waals surface area contributed by atoms with Gasteiger partial charge in [0, 0.05) is 12.8 Å². The molecule has 0 saturated carbocycles. The first-order valence-corrected chi connectivity index (χ1v) is 30.0. The van der Waals surface area contributed by atoms with Crippen LogP contribution in [0.4, 0.5) is 0 Å². The SMILES string of the molecule is CCCCCCC/C=C\C/C=C\CCCCCCCCCCCCCCCCCCCCCC(=O)OC(COC(=O)CCCCCCCCCCCCCCCC)COC(OCC[N+](C)(C)C)C(=O)[O-]. The highest BCUT2D eigenvalue weighted by atomic mass is 16.7. The minimum atomic E-state index is -1.62. The number of aliphatic carboxylic acids is 1. The molecule has 0 amide bonds. The number of unbranched alkanes of at least 4 members (excludes halogenated alkanes) is 37. The van der Waals surface area contributed by atoms with Gasteiger partial charge in [0.05, 0.1) is 40.3 Å². The van der Waals surface area contributed by atoms with E-state index in [1.165, 1.54) is 218 Å². The molecule has 9 nitrogen and oxygen atoms in total. The van der Waals surface area contributed by atoms with Crippen LogP contribution in [0.5, 0.6) is 0 Å². The van der Waals surface area contributed by atoms with Gasteiger partial charge in [0.1, 0.15) is 13.2 Å². The fourth-order valence-electron chi connectivity index (χ4n) is 8.80. The Bertz CT molecular complexity index is 1200. The summed E-state index contributed by atoms with van der Waals surface area (Å²) in [6.07, 6.45) is 59.5. The zero-order chi connectivity index (χ0) is 51.3. The molecule has 0 aliphatic rings. The van der Waals surface area contributed by atoms with E-state index in [1.807, 2.05) is 21.1 Å². The predicted molar refractivity (Wildman–Crippen MR) is 293 cm³/mol. The number of esters is 2. The maximum absolute atomic E-state index is 12.9. The molecule has 0 aromatic rings. The molecule has 0 fully saturated rings.